The Morgan fingerprint density at radius 2 is 2.14 bits per heavy atom. The first-order valence-corrected chi connectivity index (χ1v) is 5.09. The van der Waals surface area contributed by atoms with E-state index < -0.39 is 5.76 Å². The van der Waals surface area contributed by atoms with Gasteiger partial charge in [0.15, 0.2) is 0 Å². The van der Waals surface area contributed by atoms with E-state index in [-0.39, 0.29) is 5.95 Å². The van der Waals surface area contributed by atoms with Crippen LogP contribution in [0.1, 0.15) is 32.1 Å². The first-order valence-electron chi connectivity index (χ1n) is 5.09. The Labute approximate surface area is 81.9 Å². The number of anilines is 1. The predicted molar refractivity (Wildman–Crippen MR) is 51.8 cm³/mol. The molecule has 14 heavy (non-hydrogen) atoms. The molecule has 0 atom stereocenters. The van der Waals surface area contributed by atoms with Crippen LogP contribution in [0.3, 0.4) is 0 Å². The van der Waals surface area contributed by atoms with E-state index in [1.54, 1.807) is 0 Å². The van der Waals surface area contributed by atoms with E-state index in [0.717, 1.165) is 0 Å². The van der Waals surface area contributed by atoms with Crippen LogP contribution in [0.25, 0.3) is 0 Å². The minimum Gasteiger partial charge on any atom is -0.367 e. The molecular formula is C9H15N3O2. The van der Waals surface area contributed by atoms with Gasteiger partial charge in [0.1, 0.15) is 0 Å². The molecule has 0 aliphatic heterocycles. The van der Waals surface area contributed by atoms with Crippen molar-refractivity contribution in [3.8, 4) is 0 Å². The summed E-state index contributed by atoms with van der Waals surface area (Å²) in [5, 5.41) is 3.43. The van der Waals surface area contributed by atoms with Crippen LogP contribution >= 0.6 is 0 Å². The van der Waals surface area contributed by atoms with E-state index in [1.165, 1.54) is 36.7 Å². The van der Waals surface area contributed by atoms with Crippen molar-refractivity contribution in [2.24, 2.45) is 5.92 Å². The molecule has 5 nitrogen and oxygen atoms in total. The van der Waals surface area contributed by atoms with Gasteiger partial charge in [-0.2, -0.15) is 0 Å². The largest absolute Gasteiger partial charge is 0.443 e. The lowest BCUT2D eigenvalue weighted by Gasteiger charge is -2.21. The Hall–Kier alpha value is -1.26. The highest BCUT2D eigenvalue weighted by molar-refractivity contribution is 5.11. The Morgan fingerprint density at radius 3 is 2.71 bits per heavy atom. The lowest BCUT2D eigenvalue weighted by atomic mass is 9.89. The minimum atomic E-state index is -0.437. The molecule has 1 aliphatic carbocycles. The molecule has 0 unspecified atom stereocenters. The number of nitrogens with zero attached hydrogens (tertiary/aromatic N) is 2. The van der Waals surface area contributed by atoms with Gasteiger partial charge in [-0.1, -0.05) is 19.3 Å². The second-order valence-corrected chi connectivity index (χ2v) is 3.92. The van der Waals surface area contributed by atoms with Crippen LogP contribution in [0, 0.1) is 5.92 Å². The van der Waals surface area contributed by atoms with Gasteiger partial charge in [0.25, 0.3) is 0 Å². The van der Waals surface area contributed by atoms with Gasteiger partial charge in [0.2, 0.25) is 5.95 Å². The fraction of sp³-hybridized carbons (Fsp3) is 0.778. The lowest BCUT2D eigenvalue weighted by Crippen LogP contribution is -2.23. The van der Waals surface area contributed by atoms with E-state index in [1.807, 2.05) is 0 Å². The molecule has 1 heterocycles. The van der Waals surface area contributed by atoms with Crippen molar-refractivity contribution in [1.82, 2.24) is 9.72 Å². The van der Waals surface area contributed by atoms with Gasteiger partial charge in [-0.15, -0.1) is 0 Å². The predicted octanol–water partition coefficient (Wildman–Crippen LogP) is 0.999. The Balaban J connectivity index is 2.06. The second-order valence-electron chi connectivity index (χ2n) is 3.92. The molecule has 1 aromatic rings. The third-order valence-electron chi connectivity index (χ3n) is 2.88. The molecular weight excluding hydrogens is 182 g/mol. The molecule has 0 spiro atoms. The summed E-state index contributed by atoms with van der Waals surface area (Å²) < 4.78 is 5.90. The van der Waals surface area contributed by atoms with E-state index in [2.05, 4.69) is 9.68 Å². The molecule has 1 aromatic heterocycles. The third-order valence-corrected chi connectivity index (χ3v) is 2.88. The minimum absolute atomic E-state index is 0.195. The molecule has 2 N–H and O–H groups in total. The first kappa shape index (κ1) is 9.30. The summed E-state index contributed by atoms with van der Waals surface area (Å²) in [7, 11) is 0. The maximum Gasteiger partial charge on any atom is 0.443 e. The monoisotopic (exact) mass is 197 g/mol. The summed E-state index contributed by atoms with van der Waals surface area (Å²) >= 11 is 0. The zero-order chi connectivity index (χ0) is 9.97. The van der Waals surface area contributed by atoms with Crippen molar-refractivity contribution >= 4 is 5.95 Å². The zero-order valence-corrected chi connectivity index (χ0v) is 8.11. The highest BCUT2D eigenvalue weighted by atomic mass is 16.5. The van der Waals surface area contributed by atoms with Crippen molar-refractivity contribution in [2.45, 2.75) is 38.6 Å². The lowest BCUT2D eigenvalue weighted by molar-refractivity contribution is 0.305. The molecule has 0 radical (unpaired) electrons. The molecule has 0 bridgehead atoms. The van der Waals surface area contributed by atoms with Crippen LogP contribution in [0.4, 0.5) is 5.95 Å². The fourth-order valence-electron chi connectivity index (χ4n) is 2.07. The van der Waals surface area contributed by atoms with Gasteiger partial charge >= 0.3 is 5.76 Å². The number of rotatable bonds is 2. The fourth-order valence-corrected chi connectivity index (χ4v) is 2.07. The summed E-state index contributed by atoms with van der Waals surface area (Å²) in [4.78, 5) is 11.2. The summed E-state index contributed by atoms with van der Waals surface area (Å²) in [6, 6.07) is 0. The molecule has 1 aliphatic rings. The Morgan fingerprint density at radius 1 is 1.43 bits per heavy atom. The summed E-state index contributed by atoms with van der Waals surface area (Å²) in [6.07, 6.45) is 6.17. The van der Waals surface area contributed by atoms with Gasteiger partial charge in [-0.3, -0.25) is 4.52 Å². The van der Waals surface area contributed by atoms with E-state index >= 15 is 0 Å². The third kappa shape index (κ3) is 1.81. The summed E-state index contributed by atoms with van der Waals surface area (Å²) in [5.41, 5.74) is 5.52. The molecule has 0 amide bonds. The molecule has 0 aromatic carbocycles. The zero-order valence-electron chi connectivity index (χ0n) is 8.11. The molecule has 5 heteroatoms. The second kappa shape index (κ2) is 3.86. The van der Waals surface area contributed by atoms with E-state index in [4.69, 9.17) is 5.73 Å². The maximum absolute atomic E-state index is 11.2. The maximum atomic E-state index is 11.2. The SMILES string of the molecule is Nc1noc(=O)n1CC1CCCCC1. The van der Waals surface area contributed by atoms with Crippen LogP contribution in [0.15, 0.2) is 9.32 Å². The molecule has 1 saturated carbocycles. The Kier molecular flexibility index (Phi) is 2.56. The van der Waals surface area contributed by atoms with Crippen LogP contribution < -0.4 is 11.5 Å². The number of hydrogen-bond acceptors (Lipinski definition) is 4. The van der Waals surface area contributed by atoms with E-state index in [0.29, 0.717) is 12.5 Å². The normalized spacial score (nSPS) is 18.6. The van der Waals surface area contributed by atoms with Crippen molar-refractivity contribution < 1.29 is 4.52 Å². The average Bonchev–Trinajstić information content (AvgIpc) is 2.51. The first-order chi connectivity index (χ1) is 6.77. The van der Waals surface area contributed by atoms with Gasteiger partial charge in [0, 0.05) is 6.54 Å². The van der Waals surface area contributed by atoms with Gasteiger partial charge in [-0.25, -0.2) is 9.36 Å². The van der Waals surface area contributed by atoms with Crippen LogP contribution in [-0.4, -0.2) is 9.72 Å². The van der Waals surface area contributed by atoms with Crippen molar-refractivity contribution in [3.05, 3.63) is 10.6 Å². The summed E-state index contributed by atoms with van der Waals surface area (Å²) in [5.74, 6) is 0.316. The number of nitrogen functional groups attached to an aromatic ring is 1. The topological polar surface area (TPSA) is 74.1 Å². The quantitative estimate of drug-likeness (QED) is 0.767. The van der Waals surface area contributed by atoms with E-state index in [9.17, 15) is 4.79 Å². The Bertz CT molecular complexity index is 349. The van der Waals surface area contributed by atoms with Crippen molar-refractivity contribution in [3.63, 3.8) is 0 Å². The van der Waals surface area contributed by atoms with Crippen LogP contribution in [0.5, 0.6) is 0 Å². The van der Waals surface area contributed by atoms with Gasteiger partial charge in [0.05, 0.1) is 0 Å². The van der Waals surface area contributed by atoms with Crippen molar-refractivity contribution in [2.75, 3.05) is 5.73 Å². The highest BCUT2D eigenvalue weighted by Gasteiger charge is 2.17. The molecule has 0 saturated heterocycles. The number of nitrogens with two attached hydrogens (primary N) is 1. The van der Waals surface area contributed by atoms with Crippen molar-refractivity contribution in [1.29, 1.82) is 0 Å². The van der Waals surface area contributed by atoms with Crippen LogP contribution in [0.2, 0.25) is 0 Å². The van der Waals surface area contributed by atoms with Gasteiger partial charge in [-0.05, 0) is 23.9 Å². The number of hydrogen-bond donors (Lipinski definition) is 1. The average molecular weight is 197 g/mol. The molecule has 1 fully saturated rings. The highest BCUT2D eigenvalue weighted by Crippen LogP contribution is 2.24. The van der Waals surface area contributed by atoms with Crippen LogP contribution in [-0.2, 0) is 6.54 Å². The van der Waals surface area contributed by atoms with Gasteiger partial charge < -0.3 is 5.73 Å². The molecule has 2 rings (SSSR count). The number of aromatic nitrogens is 2. The summed E-state index contributed by atoms with van der Waals surface area (Å²) in [6.45, 7) is 0.661. The smallest absolute Gasteiger partial charge is 0.367 e. The molecule has 78 valence electrons. The standard InChI is InChI=1S/C9H15N3O2/c10-8-11-14-9(13)12(8)6-7-4-2-1-3-5-7/h7H,1-6H2,(H2,10,11).